The van der Waals surface area contributed by atoms with Crippen LogP contribution in [-0.2, 0) is 4.79 Å². The standard InChI is InChI=1S/C23H22N4O3/c1-16-6-10-18(11-7-16)26-22(28)15-30-19-12-8-17(9-13-19)14-25-27-23(29)20-4-2-3-5-21(20)24/h2-14H,15,24H2,1H3,(H,26,28)(H,27,29)/b25-14-. The minimum Gasteiger partial charge on any atom is -0.484 e. The first-order chi connectivity index (χ1) is 14.5. The van der Waals surface area contributed by atoms with E-state index in [2.05, 4.69) is 15.8 Å². The Hall–Kier alpha value is -4.13. The zero-order chi connectivity index (χ0) is 21.3. The Morgan fingerprint density at radius 1 is 1.00 bits per heavy atom. The first-order valence-corrected chi connectivity index (χ1v) is 9.28. The fourth-order valence-electron chi connectivity index (χ4n) is 2.56. The van der Waals surface area contributed by atoms with Crippen LogP contribution in [0.25, 0.3) is 0 Å². The van der Waals surface area contributed by atoms with E-state index in [0.29, 0.717) is 17.0 Å². The SMILES string of the molecule is Cc1ccc(NC(=O)COc2ccc(/C=N\NC(=O)c3ccccc3N)cc2)cc1. The number of hydrogen-bond acceptors (Lipinski definition) is 5. The van der Waals surface area contributed by atoms with Gasteiger partial charge in [-0.2, -0.15) is 5.10 Å². The predicted molar refractivity (Wildman–Crippen MR) is 118 cm³/mol. The molecule has 4 N–H and O–H groups in total. The summed E-state index contributed by atoms with van der Waals surface area (Å²) in [5.74, 6) is -0.0800. The fourth-order valence-corrected chi connectivity index (χ4v) is 2.56. The largest absolute Gasteiger partial charge is 0.484 e. The number of ether oxygens (including phenoxy) is 1. The number of nitrogen functional groups attached to an aromatic ring is 1. The Kier molecular flexibility index (Phi) is 6.78. The summed E-state index contributed by atoms with van der Waals surface area (Å²) in [5, 5.41) is 6.70. The molecule has 0 saturated carbocycles. The molecule has 0 aliphatic carbocycles. The van der Waals surface area contributed by atoms with Crippen LogP contribution in [0.3, 0.4) is 0 Å². The van der Waals surface area contributed by atoms with Crippen molar-refractivity contribution in [3.8, 4) is 5.75 Å². The lowest BCUT2D eigenvalue weighted by atomic mass is 10.2. The van der Waals surface area contributed by atoms with Gasteiger partial charge in [0.05, 0.1) is 11.8 Å². The molecule has 0 unspecified atom stereocenters. The van der Waals surface area contributed by atoms with Crippen molar-refractivity contribution in [1.29, 1.82) is 0 Å². The van der Waals surface area contributed by atoms with Gasteiger partial charge in [-0.05, 0) is 61.0 Å². The third-order valence-corrected chi connectivity index (χ3v) is 4.17. The first kappa shape index (κ1) is 20.6. The van der Waals surface area contributed by atoms with Gasteiger partial charge < -0.3 is 15.8 Å². The van der Waals surface area contributed by atoms with E-state index < -0.39 is 0 Å². The fraction of sp³-hybridized carbons (Fsp3) is 0.0870. The Morgan fingerprint density at radius 3 is 2.40 bits per heavy atom. The minimum absolute atomic E-state index is 0.101. The Balaban J connectivity index is 1.47. The molecule has 152 valence electrons. The van der Waals surface area contributed by atoms with Gasteiger partial charge >= 0.3 is 0 Å². The topological polar surface area (TPSA) is 106 Å². The van der Waals surface area contributed by atoms with Crippen LogP contribution in [0, 0.1) is 6.92 Å². The molecular formula is C23H22N4O3. The van der Waals surface area contributed by atoms with E-state index in [1.54, 1.807) is 48.5 Å². The highest BCUT2D eigenvalue weighted by Crippen LogP contribution is 2.13. The number of hydrogen-bond donors (Lipinski definition) is 3. The monoisotopic (exact) mass is 402 g/mol. The lowest BCUT2D eigenvalue weighted by Crippen LogP contribution is -2.20. The molecule has 30 heavy (non-hydrogen) atoms. The lowest BCUT2D eigenvalue weighted by molar-refractivity contribution is -0.118. The second-order valence-electron chi connectivity index (χ2n) is 6.56. The lowest BCUT2D eigenvalue weighted by Gasteiger charge is -2.08. The zero-order valence-electron chi connectivity index (χ0n) is 16.5. The number of anilines is 2. The summed E-state index contributed by atoms with van der Waals surface area (Å²) in [5.41, 5.74) is 11.6. The molecule has 3 aromatic rings. The molecule has 0 heterocycles. The molecule has 3 aromatic carbocycles. The molecule has 0 atom stereocenters. The zero-order valence-corrected chi connectivity index (χ0v) is 16.5. The van der Waals surface area contributed by atoms with Gasteiger partial charge in [-0.1, -0.05) is 29.8 Å². The minimum atomic E-state index is -0.385. The number of hydrazone groups is 1. The van der Waals surface area contributed by atoms with E-state index in [-0.39, 0.29) is 18.4 Å². The summed E-state index contributed by atoms with van der Waals surface area (Å²) in [4.78, 5) is 24.0. The van der Waals surface area contributed by atoms with Crippen molar-refractivity contribution >= 4 is 29.4 Å². The van der Waals surface area contributed by atoms with E-state index >= 15 is 0 Å². The van der Waals surface area contributed by atoms with E-state index in [9.17, 15) is 9.59 Å². The van der Waals surface area contributed by atoms with Gasteiger partial charge in [0.2, 0.25) is 0 Å². The molecule has 0 aliphatic heterocycles. The van der Waals surface area contributed by atoms with Crippen molar-refractivity contribution in [3.63, 3.8) is 0 Å². The van der Waals surface area contributed by atoms with E-state index in [1.165, 1.54) is 6.21 Å². The van der Waals surface area contributed by atoms with Crippen LogP contribution in [0.1, 0.15) is 21.5 Å². The number of para-hydroxylation sites is 1. The quantitative estimate of drug-likeness (QED) is 0.320. The van der Waals surface area contributed by atoms with E-state index in [0.717, 1.165) is 16.8 Å². The maximum Gasteiger partial charge on any atom is 0.273 e. The maximum absolute atomic E-state index is 12.0. The molecule has 7 heteroatoms. The highest BCUT2D eigenvalue weighted by atomic mass is 16.5. The van der Waals surface area contributed by atoms with E-state index in [1.807, 2.05) is 31.2 Å². The number of carbonyl (C=O) groups excluding carboxylic acids is 2. The van der Waals surface area contributed by atoms with Gasteiger partial charge in [0, 0.05) is 11.4 Å². The molecule has 0 aliphatic rings. The number of amides is 2. The third kappa shape index (κ3) is 5.93. The Bertz CT molecular complexity index is 1040. The summed E-state index contributed by atoms with van der Waals surface area (Å²) in [6, 6.07) is 21.3. The van der Waals surface area contributed by atoms with Gasteiger partial charge in [-0.25, -0.2) is 5.43 Å². The molecular weight excluding hydrogens is 380 g/mol. The molecule has 0 spiro atoms. The average molecular weight is 402 g/mol. The molecule has 0 bridgehead atoms. The van der Waals surface area contributed by atoms with Crippen molar-refractivity contribution in [1.82, 2.24) is 5.43 Å². The maximum atomic E-state index is 12.0. The number of rotatable bonds is 7. The summed E-state index contributed by atoms with van der Waals surface area (Å²) < 4.78 is 5.49. The van der Waals surface area contributed by atoms with Crippen LogP contribution in [0.5, 0.6) is 5.75 Å². The summed E-state index contributed by atoms with van der Waals surface area (Å²) in [7, 11) is 0. The van der Waals surface area contributed by atoms with Gasteiger partial charge in [0.25, 0.3) is 11.8 Å². The molecule has 0 saturated heterocycles. The van der Waals surface area contributed by atoms with Gasteiger partial charge in [0.1, 0.15) is 5.75 Å². The van der Waals surface area contributed by atoms with Crippen LogP contribution in [0.2, 0.25) is 0 Å². The number of benzene rings is 3. The second-order valence-corrected chi connectivity index (χ2v) is 6.56. The Morgan fingerprint density at radius 2 is 1.70 bits per heavy atom. The van der Waals surface area contributed by atoms with E-state index in [4.69, 9.17) is 10.5 Å². The number of nitrogens with two attached hydrogens (primary N) is 1. The summed E-state index contributed by atoms with van der Waals surface area (Å²) in [6.07, 6.45) is 1.50. The normalized spacial score (nSPS) is 10.6. The average Bonchev–Trinajstić information content (AvgIpc) is 2.75. The molecule has 3 rings (SSSR count). The number of aryl methyl sites for hydroxylation is 1. The summed E-state index contributed by atoms with van der Waals surface area (Å²) >= 11 is 0. The number of nitrogens with one attached hydrogen (secondary N) is 2. The molecule has 2 amide bonds. The van der Waals surface area contributed by atoms with Crippen LogP contribution < -0.4 is 21.2 Å². The van der Waals surface area contributed by atoms with Gasteiger partial charge in [0.15, 0.2) is 6.61 Å². The number of carbonyl (C=O) groups is 2. The molecule has 7 nitrogen and oxygen atoms in total. The summed E-state index contributed by atoms with van der Waals surface area (Å²) in [6.45, 7) is 1.88. The predicted octanol–water partition coefficient (Wildman–Crippen LogP) is 3.36. The molecule has 0 aromatic heterocycles. The van der Waals surface area contributed by atoms with Crippen molar-refractivity contribution in [2.45, 2.75) is 6.92 Å². The third-order valence-electron chi connectivity index (χ3n) is 4.17. The van der Waals surface area contributed by atoms with Gasteiger partial charge in [-0.15, -0.1) is 0 Å². The van der Waals surface area contributed by atoms with Crippen LogP contribution in [0.4, 0.5) is 11.4 Å². The second kappa shape index (κ2) is 9.88. The van der Waals surface area contributed by atoms with Crippen molar-refractivity contribution in [3.05, 3.63) is 89.5 Å². The molecule has 0 fully saturated rings. The van der Waals surface area contributed by atoms with Crippen molar-refractivity contribution in [2.75, 3.05) is 17.7 Å². The number of nitrogens with zero attached hydrogens (tertiary/aromatic N) is 1. The van der Waals surface area contributed by atoms with Crippen LogP contribution in [0.15, 0.2) is 77.9 Å². The highest BCUT2D eigenvalue weighted by molar-refractivity contribution is 5.99. The smallest absolute Gasteiger partial charge is 0.273 e. The highest BCUT2D eigenvalue weighted by Gasteiger charge is 2.07. The Labute approximate surface area is 174 Å². The van der Waals surface area contributed by atoms with Gasteiger partial charge in [-0.3, -0.25) is 9.59 Å². The molecule has 0 radical (unpaired) electrons. The van der Waals surface area contributed by atoms with Crippen LogP contribution in [-0.4, -0.2) is 24.6 Å². The van der Waals surface area contributed by atoms with Crippen LogP contribution >= 0.6 is 0 Å². The van der Waals surface area contributed by atoms with Crippen molar-refractivity contribution in [2.24, 2.45) is 5.10 Å². The van der Waals surface area contributed by atoms with Crippen molar-refractivity contribution < 1.29 is 14.3 Å². The first-order valence-electron chi connectivity index (χ1n) is 9.28.